The summed E-state index contributed by atoms with van der Waals surface area (Å²) in [4.78, 5) is 53.9. The zero-order valence-electron chi connectivity index (χ0n) is 27.0. The number of aryl methyl sites for hydroxylation is 3. The summed E-state index contributed by atoms with van der Waals surface area (Å²) in [5, 5.41) is 21.0. The predicted molar refractivity (Wildman–Crippen MR) is 181 cm³/mol. The first kappa shape index (κ1) is 32.8. The lowest BCUT2D eigenvalue weighted by Gasteiger charge is -2.27. The second-order valence-corrected chi connectivity index (χ2v) is 12.0. The Bertz CT molecular complexity index is 2010. The molecular weight excluding hydrogens is 598 g/mol. The predicted octanol–water partition coefficient (Wildman–Crippen LogP) is 7.29. The number of aliphatic carboxylic acids is 1. The Kier molecular flexibility index (Phi) is 9.64. The Hall–Kier alpha value is -5.58. The van der Waals surface area contributed by atoms with E-state index in [2.05, 4.69) is 20.6 Å². The molecule has 0 radical (unpaired) electrons. The molecule has 0 fully saturated rings. The van der Waals surface area contributed by atoms with Gasteiger partial charge in [0.15, 0.2) is 0 Å². The van der Waals surface area contributed by atoms with Crippen molar-refractivity contribution >= 4 is 34.0 Å². The maximum absolute atomic E-state index is 14.4. The molecule has 0 saturated heterocycles. The number of aromatic nitrogens is 2. The van der Waals surface area contributed by atoms with Gasteiger partial charge in [-0.3, -0.25) is 14.4 Å². The Morgan fingerprint density at radius 3 is 2.53 bits per heavy atom. The van der Waals surface area contributed by atoms with Gasteiger partial charge < -0.3 is 24.8 Å². The number of amides is 1. The van der Waals surface area contributed by atoms with Gasteiger partial charge in [-0.2, -0.15) is 0 Å². The average Bonchev–Trinajstić information content (AvgIpc) is 3.39. The molecule has 0 saturated carbocycles. The molecule has 0 bridgehead atoms. The first-order valence-corrected chi connectivity index (χ1v) is 15.3. The Balaban J connectivity index is 1.52. The van der Waals surface area contributed by atoms with Crippen LogP contribution in [-0.2, 0) is 16.1 Å². The van der Waals surface area contributed by atoms with E-state index >= 15 is 0 Å². The van der Waals surface area contributed by atoms with Crippen LogP contribution < -0.4 is 10.9 Å². The molecule has 0 spiro atoms. The van der Waals surface area contributed by atoms with Gasteiger partial charge in [-0.1, -0.05) is 42.4 Å². The molecule has 242 valence electrons. The summed E-state index contributed by atoms with van der Waals surface area (Å²) in [7, 11) is 1.69. The molecule has 1 amide bonds. The molecule has 3 aromatic carbocycles. The molecule has 0 aliphatic carbocycles. The first-order valence-electron chi connectivity index (χ1n) is 15.3. The third-order valence-electron chi connectivity index (χ3n) is 8.56. The van der Waals surface area contributed by atoms with Crippen molar-refractivity contribution in [2.45, 2.75) is 59.0 Å². The van der Waals surface area contributed by atoms with Crippen molar-refractivity contribution in [2.24, 2.45) is 5.18 Å². The topological polar surface area (TPSA) is 158 Å². The van der Waals surface area contributed by atoms with Gasteiger partial charge in [0.2, 0.25) is 5.91 Å². The highest BCUT2D eigenvalue weighted by molar-refractivity contribution is 5.89. The van der Waals surface area contributed by atoms with Crippen LogP contribution in [0.3, 0.4) is 0 Å². The number of aromatic amines is 1. The van der Waals surface area contributed by atoms with Gasteiger partial charge in [-0.15, -0.1) is 4.91 Å². The number of fused-ring (bicyclic) bond motifs is 1. The fourth-order valence-electron chi connectivity index (χ4n) is 6.09. The SMILES string of the molecule is Cc1cc(C(Nc2ccc3cc[nH]c(=O)c3c2)C(=O)N(C)Cc2cc(N=O)ccc2-c2c(C)noc2C)ccc1[C@@H](C)CCC(=O)O. The lowest BCUT2D eigenvalue weighted by atomic mass is 9.90. The molecule has 47 heavy (non-hydrogen) atoms. The standard InChI is InChI=1S/C36H37N5O6/c1-20(6-13-32(42)43)29-11-8-25(16-21(29)2)34(38-27-9-7-24-14-15-37-35(44)31(24)18-27)36(45)41(5)19-26-17-28(39-46)10-12-30(26)33-22(3)40-47-23(33)4/h7-12,14-18,20,34,38H,6,13,19H2,1-5H3,(H,37,44)(H,42,43)/t20-,34?/m0/s1. The number of carboxylic acid groups (broad SMARTS) is 1. The molecule has 2 aromatic heterocycles. The van der Waals surface area contributed by atoms with E-state index in [1.54, 1.807) is 42.4 Å². The zero-order chi connectivity index (χ0) is 33.8. The van der Waals surface area contributed by atoms with Gasteiger partial charge in [0.25, 0.3) is 5.56 Å². The number of nitrogens with one attached hydrogen (secondary N) is 2. The fourth-order valence-corrected chi connectivity index (χ4v) is 6.09. The van der Waals surface area contributed by atoms with E-state index in [-0.39, 0.29) is 36.0 Å². The third kappa shape index (κ3) is 7.14. The molecule has 3 N–H and O–H groups in total. The van der Waals surface area contributed by atoms with E-state index in [4.69, 9.17) is 9.63 Å². The third-order valence-corrected chi connectivity index (χ3v) is 8.56. The number of carboxylic acids is 1. The highest BCUT2D eigenvalue weighted by Crippen LogP contribution is 2.34. The first-order chi connectivity index (χ1) is 22.5. The molecule has 5 rings (SSSR count). The van der Waals surface area contributed by atoms with E-state index < -0.39 is 12.0 Å². The molecular formula is C36H37N5O6. The van der Waals surface area contributed by atoms with Crippen molar-refractivity contribution in [3.8, 4) is 11.1 Å². The number of likely N-dealkylation sites (N-methyl/N-ethyl adjacent to an activating group) is 1. The van der Waals surface area contributed by atoms with Crippen molar-refractivity contribution < 1.29 is 19.2 Å². The van der Waals surface area contributed by atoms with E-state index in [0.717, 1.165) is 27.6 Å². The molecule has 0 aliphatic rings. The number of nitroso groups, excluding NO2 is 1. The minimum Gasteiger partial charge on any atom is -0.481 e. The zero-order valence-corrected chi connectivity index (χ0v) is 27.0. The minimum absolute atomic E-state index is 0.0126. The molecule has 0 aliphatic heterocycles. The van der Waals surface area contributed by atoms with Crippen LogP contribution in [0.5, 0.6) is 0 Å². The number of hydrogen-bond donors (Lipinski definition) is 3. The summed E-state index contributed by atoms with van der Waals surface area (Å²) >= 11 is 0. The summed E-state index contributed by atoms with van der Waals surface area (Å²) in [5.41, 5.74) is 6.17. The highest BCUT2D eigenvalue weighted by Gasteiger charge is 2.27. The molecule has 2 atom stereocenters. The number of H-pyrrole nitrogens is 1. The van der Waals surface area contributed by atoms with Crippen LogP contribution in [-0.4, -0.2) is 39.1 Å². The van der Waals surface area contributed by atoms with E-state index in [1.807, 2.05) is 64.1 Å². The number of carbonyl (C=O) groups is 2. The quantitative estimate of drug-likeness (QED) is 0.121. The van der Waals surface area contributed by atoms with Crippen molar-refractivity contribution in [3.63, 3.8) is 0 Å². The Morgan fingerprint density at radius 1 is 1.06 bits per heavy atom. The van der Waals surface area contributed by atoms with Crippen LogP contribution in [0.25, 0.3) is 21.9 Å². The second-order valence-electron chi connectivity index (χ2n) is 12.0. The van der Waals surface area contributed by atoms with Gasteiger partial charge in [0.05, 0.1) is 5.69 Å². The molecule has 2 heterocycles. The summed E-state index contributed by atoms with van der Waals surface area (Å²) in [6.07, 6.45) is 2.15. The summed E-state index contributed by atoms with van der Waals surface area (Å²) < 4.78 is 5.40. The van der Waals surface area contributed by atoms with E-state index in [0.29, 0.717) is 40.1 Å². The summed E-state index contributed by atoms with van der Waals surface area (Å²) in [5.74, 6) is -0.473. The smallest absolute Gasteiger partial charge is 0.303 e. The number of carbonyl (C=O) groups excluding carboxylic acids is 1. The van der Waals surface area contributed by atoms with Gasteiger partial charge in [0, 0.05) is 42.8 Å². The van der Waals surface area contributed by atoms with E-state index in [1.165, 1.54) is 0 Å². The number of nitrogens with zero attached hydrogens (tertiary/aromatic N) is 3. The van der Waals surface area contributed by atoms with Crippen LogP contribution in [0.1, 0.15) is 65.4 Å². The molecule has 1 unspecified atom stereocenters. The van der Waals surface area contributed by atoms with Crippen LogP contribution in [0.4, 0.5) is 11.4 Å². The van der Waals surface area contributed by atoms with Crippen molar-refractivity contribution in [2.75, 3.05) is 12.4 Å². The normalized spacial score (nSPS) is 12.4. The molecule has 5 aromatic rings. The van der Waals surface area contributed by atoms with Crippen molar-refractivity contribution in [1.29, 1.82) is 0 Å². The minimum atomic E-state index is -0.850. The molecule has 11 nitrogen and oxygen atoms in total. The summed E-state index contributed by atoms with van der Waals surface area (Å²) in [6.45, 7) is 7.73. The van der Waals surface area contributed by atoms with Crippen LogP contribution in [0, 0.1) is 25.7 Å². The lowest BCUT2D eigenvalue weighted by molar-refractivity contribution is -0.137. The average molecular weight is 636 g/mol. The van der Waals surface area contributed by atoms with Gasteiger partial charge >= 0.3 is 5.97 Å². The molecule has 11 heteroatoms. The van der Waals surface area contributed by atoms with E-state index in [9.17, 15) is 19.3 Å². The highest BCUT2D eigenvalue weighted by atomic mass is 16.5. The van der Waals surface area contributed by atoms with Crippen LogP contribution >= 0.6 is 0 Å². The largest absolute Gasteiger partial charge is 0.481 e. The maximum atomic E-state index is 14.4. The number of hydrogen-bond acceptors (Lipinski definition) is 8. The lowest BCUT2D eigenvalue weighted by Crippen LogP contribution is -2.35. The van der Waals surface area contributed by atoms with Crippen LogP contribution in [0.2, 0.25) is 0 Å². The maximum Gasteiger partial charge on any atom is 0.303 e. The van der Waals surface area contributed by atoms with Crippen molar-refractivity contribution in [1.82, 2.24) is 15.0 Å². The number of rotatable bonds is 12. The number of benzene rings is 3. The van der Waals surface area contributed by atoms with Gasteiger partial charge in [-0.25, -0.2) is 0 Å². The van der Waals surface area contributed by atoms with Gasteiger partial charge in [0.1, 0.15) is 17.5 Å². The summed E-state index contributed by atoms with van der Waals surface area (Å²) in [6, 6.07) is 17.2. The van der Waals surface area contributed by atoms with Crippen molar-refractivity contribution in [3.05, 3.63) is 116 Å². The van der Waals surface area contributed by atoms with Crippen LogP contribution in [0.15, 0.2) is 81.4 Å². The Morgan fingerprint density at radius 2 is 1.85 bits per heavy atom. The Labute approximate surface area is 271 Å². The number of pyridine rings is 1. The second kappa shape index (κ2) is 13.8. The fraction of sp³-hybridized carbons (Fsp3) is 0.278. The van der Waals surface area contributed by atoms with Gasteiger partial charge in [-0.05, 0) is 102 Å². The number of anilines is 1. The monoisotopic (exact) mass is 635 g/mol.